The van der Waals surface area contributed by atoms with Crippen LogP contribution in [-0.2, 0) is 0 Å². The molecule has 6 nitrogen and oxygen atoms in total. The van der Waals surface area contributed by atoms with E-state index < -0.39 is 0 Å². The largest absolute Gasteiger partial charge is 0.495 e. The predicted molar refractivity (Wildman–Crippen MR) is 107 cm³/mol. The molecule has 1 heterocycles. The average molecular weight is 362 g/mol. The van der Waals surface area contributed by atoms with Gasteiger partial charge < -0.3 is 15.0 Å². The van der Waals surface area contributed by atoms with Crippen LogP contribution in [0.1, 0.15) is 23.0 Å². The third kappa shape index (κ3) is 4.23. The lowest BCUT2D eigenvalue weighted by Gasteiger charge is -2.22. The summed E-state index contributed by atoms with van der Waals surface area (Å²) in [5.74, 6) is 0.945. The second-order valence-electron chi connectivity index (χ2n) is 6.01. The van der Waals surface area contributed by atoms with E-state index in [0.717, 1.165) is 12.2 Å². The van der Waals surface area contributed by atoms with Gasteiger partial charge >= 0.3 is 0 Å². The molecule has 0 saturated heterocycles. The van der Waals surface area contributed by atoms with Gasteiger partial charge in [-0.15, -0.1) is 10.2 Å². The van der Waals surface area contributed by atoms with Crippen molar-refractivity contribution in [3.63, 3.8) is 0 Å². The number of benzene rings is 2. The minimum Gasteiger partial charge on any atom is -0.495 e. The molecule has 0 bridgehead atoms. The van der Waals surface area contributed by atoms with Crippen molar-refractivity contribution in [1.29, 1.82) is 0 Å². The van der Waals surface area contributed by atoms with Crippen molar-refractivity contribution in [2.45, 2.75) is 13.8 Å². The number of ether oxygens (including phenoxy) is 1. The molecule has 0 atom stereocenters. The minimum absolute atomic E-state index is 0.241. The second kappa shape index (κ2) is 8.31. The van der Waals surface area contributed by atoms with Gasteiger partial charge in [-0.3, -0.25) is 4.79 Å². The molecule has 0 spiro atoms. The molecule has 6 heteroatoms. The first kappa shape index (κ1) is 18.4. The SMILES string of the molecule is CCN(c1cccc(C)c1)c1ccc(C(=O)Nc2ccccc2OC)nn1. The highest BCUT2D eigenvalue weighted by atomic mass is 16.5. The number of hydrogen-bond acceptors (Lipinski definition) is 5. The van der Waals surface area contributed by atoms with Crippen molar-refractivity contribution in [3.8, 4) is 5.75 Å². The van der Waals surface area contributed by atoms with E-state index in [9.17, 15) is 4.79 Å². The van der Waals surface area contributed by atoms with E-state index in [2.05, 4.69) is 21.6 Å². The first-order chi connectivity index (χ1) is 13.1. The highest BCUT2D eigenvalue weighted by Crippen LogP contribution is 2.25. The molecule has 2 aromatic carbocycles. The van der Waals surface area contributed by atoms with E-state index in [4.69, 9.17) is 4.74 Å². The number of rotatable bonds is 6. The Morgan fingerprint density at radius 1 is 1.07 bits per heavy atom. The Balaban J connectivity index is 1.79. The van der Waals surface area contributed by atoms with Gasteiger partial charge in [0.25, 0.3) is 5.91 Å². The molecule has 27 heavy (non-hydrogen) atoms. The van der Waals surface area contributed by atoms with Crippen LogP contribution in [0.3, 0.4) is 0 Å². The van der Waals surface area contributed by atoms with Crippen LogP contribution < -0.4 is 15.0 Å². The van der Waals surface area contributed by atoms with Crippen LogP contribution in [0.2, 0.25) is 0 Å². The summed E-state index contributed by atoms with van der Waals surface area (Å²) in [6.45, 7) is 4.84. The molecule has 1 N–H and O–H groups in total. The maximum atomic E-state index is 12.5. The van der Waals surface area contributed by atoms with E-state index in [1.54, 1.807) is 31.4 Å². The predicted octanol–water partition coefficient (Wildman–Crippen LogP) is 4.20. The molecule has 1 aromatic heterocycles. The summed E-state index contributed by atoms with van der Waals surface area (Å²) < 4.78 is 5.25. The molecule has 0 aliphatic heterocycles. The fraction of sp³-hybridized carbons (Fsp3) is 0.190. The molecular formula is C21H22N4O2. The van der Waals surface area contributed by atoms with E-state index >= 15 is 0 Å². The van der Waals surface area contributed by atoms with Crippen molar-refractivity contribution < 1.29 is 9.53 Å². The number of aryl methyl sites for hydroxylation is 1. The Morgan fingerprint density at radius 2 is 1.89 bits per heavy atom. The van der Waals surface area contributed by atoms with Crippen LogP contribution in [0.4, 0.5) is 17.2 Å². The molecule has 0 fully saturated rings. The lowest BCUT2D eigenvalue weighted by Crippen LogP contribution is -2.20. The summed E-state index contributed by atoms with van der Waals surface area (Å²) in [7, 11) is 1.56. The van der Waals surface area contributed by atoms with Gasteiger partial charge in [0.05, 0.1) is 12.8 Å². The van der Waals surface area contributed by atoms with Crippen molar-refractivity contribution in [3.05, 3.63) is 71.9 Å². The van der Waals surface area contributed by atoms with Crippen LogP contribution in [0.25, 0.3) is 0 Å². The minimum atomic E-state index is -0.336. The lowest BCUT2D eigenvalue weighted by atomic mass is 10.2. The number of aromatic nitrogens is 2. The fourth-order valence-corrected chi connectivity index (χ4v) is 2.80. The fourth-order valence-electron chi connectivity index (χ4n) is 2.80. The molecule has 3 aromatic rings. The Kier molecular flexibility index (Phi) is 5.66. The third-order valence-electron chi connectivity index (χ3n) is 4.14. The van der Waals surface area contributed by atoms with Crippen LogP contribution in [0.15, 0.2) is 60.7 Å². The second-order valence-corrected chi connectivity index (χ2v) is 6.01. The third-order valence-corrected chi connectivity index (χ3v) is 4.14. The number of methoxy groups -OCH3 is 1. The number of amides is 1. The van der Waals surface area contributed by atoms with Gasteiger partial charge in [0, 0.05) is 12.2 Å². The summed E-state index contributed by atoms with van der Waals surface area (Å²) in [4.78, 5) is 14.5. The van der Waals surface area contributed by atoms with Crippen LogP contribution in [0.5, 0.6) is 5.75 Å². The summed E-state index contributed by atoms with van der Waals surface area (Å²) in [5.41, 5.74) is 3.04. The maximum absolute atomic E-state index is 12.5. The van der Waals surface area contributed by atoms with E-state index in [1.165, 1.54) is 5.56 Å². The number of hydrogen-bond donors (Lipinski definition) is 1. The summed E-state index contributed by atoms with van der Waals surface area (Å²) in [5, 5.41) is 11.1. The Hall–Kier alpha value is -3.41. The van der Waals surface area contributed by atoms with Gasteiger partial charge in [0.2, 0.25) is 0 Å². The van der Waals surface area contributed by atoms with Crippen molar-refractivity contribution >= 4 is 23.1 Å². The quantitative estimate of drug-likeness (QED) is 0.712. The monoisotopic (exact) mass is 362 g/mol. The average Bonchev–Trinajstić information content (AvgIpc) is 2.69. The zero-order valence-electron chi connectivity index (χ0n) is 15.6. The van der Waals surface area contributed by atoms with Crippen LogP contribution in [0, 0.1) is 6.92 Å². The Bertz CT molecular complexity index is 925. The van der Waals surface area contributed by atoms with Gasteiger partial charge in [-0.1, -0.05) is 24.3 Å². The van der Waals surface area contributed by atoms with Crippen molar-refractivity contribution in [2.24, 2.45) is 0 Å². The zero-order chi connectivity index (χ0) is 19.2. The van der Waals surface area contributed by atoms with Crippen LogP contribution >= 0.6 is 0 Å². The van der Waals surface area contributed by atoms with E-state index in [1.807, 2.05) is 49.1 Å². The van der Waals surface area contributed by atoms with E-state index in [-0.39, 0.29) is 11.6 Å². The van der Waals surface area contributed by atoms with Gasteiger partial charge in [0.1, 0.15) is 5.75 Å². The van der Waals surface area contributed by atoms with Gasteiger partial charge in [0.15, 0.2) is 11.5 Å². The highest BCUT2D eigenvalue weighted by molar-refractivity contribution is 6.03. The summed E-state index contributed by atoms with van der Waals surface area (Å²) >= 11 is 0. The Morgan fingerprint density at radius 3 is 2.56 bits per heavy atom. The molecular weight excluding hydrogens is 340 g/mol. The molecule has 138 valence electrons. The summed E-state index contributed by atoms with van der Waals surface area (Å²) in [6.07, 6.45) is 0. The summed E-state index contributed by atoms with van der Waals surface area (Å²) in [6, 6.07) is 18.9. The normalized spacial score (nSPS) is 10.3. The Labute approximate surface area is 158 Å². The molecule has 0 radical (unpaired) electrons. The number of carbonyl (C=O) groups is 1. The van der Waals surface area contributed by atoms with Gasteiger partial charge in [-0.2, -0.15) is 0 Å². The number of nitrogens with zero attached hydrogens (tertiary/aromatic N) is 3. The highest BCUT2D eigenvalue weighted by Gasteiger charge is 2.14. The zero-order valence-corrected chi connectivity index (χ0v) is 15.6. The first-order valence-electron chi connectivity index (χ1n) is 8.74. The number of nitrogens with one attached hydrogen (secondary N) is 1. The number of carbonyl (C=O) groups excluding carboxylic acids is 1. The van der Waals surface area contributed by atoms with Crippen molar-refractivity contribution in [2.75, 3.05) is 23.9 Å². The molecule has 0 saturated carbocycles. The van der Waals surface area contributed by atoms with E-state index in [0.29, 0.717) is 17.3 Å². The molecule has 0 unspecified atom stereocenters. The molecule has 1 amide bonds. The standard InChI is InChI=1S/C21H22N4O2/c1-4-25(16-9-7-8-15(2)14-16)20-13-12-18(23-24-20)21(26)22-17-10-5-6-11-19(17)27-3/h5-14H,4H2,1-3H3,(H,22,26). The molecule has 0 aliphatic carbocycles. The first-order valence-corrected chi connectivity index (χ1v) is 8.74. The smallest absolute Gasteiger partial charge is 0.276 e. The lowest BCUT2D eigenvalue weighted by molar-refractivity contribution is 0.102. The van der Waals surface area contributed by atoms with Crippen LogP contribution in [-0.4, -0.2) is 29.8 Å². The number of anilines is 3. The molecule has 3 rings (SSSR count). The topological polar surface area (TPSA) is 67.4 Å². The number of para-hydroxylation sites is 2. The van der Waals surface area contributed by atoms with Gasteiger partial charge in [-0.25, -0.2) is 0 Å². The van der Waals surface area contributed by atoms with Crippen molar-refractivity contribution in [1.82, 2.24) is 10.2 Å². The molecule has 0 aliphatic rings. The van der Waals surface area contributed by atoms with Gasteiger partial charge in [-0.05, 0) is 55.8 Å². The maximum Gasteiger partial charge on any atom is 0.276 e.